The number of hydrogen-bond donors (Lipinski definition) is 2. The highest BCUT2D eigenvalue weighted by Crippen LogP contribution is 2.28. The highest BCUT2D eigenvalue weighted by molar-refractivity contribution is 7.99. The minimum atomic E-state index is -0.225. The van der Waals surface area contributed by atoms with Gasteiger partial charge in [0.1, 0.15) is 5.75 Å². The summed E-state index contributed by atoms with van der Waals surface area (Å²) in [6, 6.07) is 21.9. The predicted molar refractivity (Wildman–Crippen MR) is 148 cm³/mol. The van der Waals surface area contributed by atoms with E-state index >= 15 is 0 Å². The molecule has 2 amide bonds. The summed E-state index contributed by atoms with van der Waals surface area (Å²) in [5.74, 6) is 0.847. The Hall–Kier alpha value is -4.08. The van der Waals surface area contributed by atoms with E-state index in [0.717, 1.165) is 11.1 Å². The van der Waals surface area contributed by atoms with Gasteiger partial charge in [0.2, 0.25) is 11.8 Å². The van der Waals surface area contributed by atoms with Crippen LogP contribution in [0.2, 0.25) is 5.02 Å². The third-order valence-corrected chi connectivity index (χ3v) is 6.50. The molecule has 3 aromatic carbocycles. The van der Waals surface area contributed by atoms with E-state index in [1.807, 2.05) is 54.1 Å². The fourth-order valence-corrected chi connectivity index (χ4v) is 4.29. The second kappa shape index (κ2) is 12.2. The average molecular weight is 534 g/mol. The van der Waals surface area contributed by atoms with E-state index in [-0.39, 0.29) is 17.6 Å². The largest absolute Gasteiger partial charge is 0.495 e. The molecule has 0 aliphatic rings. The molecule has 188 valence electrons. The van der Waals surface area contributed by atoms with Crippen molar-refractivity contribution in [2.24, 2.45) is 7.05 Å². The molecular weight excluding hydrogens is 510 g/mol. The lowest BCUT2D eigenvalue weighted by molar-refractivity contribution is -0.114. The van der Waals surface area contributed by atoms with Crippen molar-refractivity contribution in [2.45, 2.75) is 5.16 Å². The minimum Gasteiger partial charge on any atom is -0.495 e. The number of aromatic nitrogens is 3. The Morgan fingerprint density at radius 1 is 1.03 bits per heavy atom. The summed E-state index contributed by atoms with van der Waals surface area (Å²) < 4.78 is 7.08. The van der Waals surface area contributed by atoms with Crippen molar-refractivity contribution >= 4 is 52.6 Å². The summed E-state index contributed by atoms with van der Waals surface area (Å²) in [6.45, 7) is 0. The first-order chi connectivity index (χ1) is 17.9. The number of nitrogens with zero attached hydrogens (tertiary/aromatic N) is 3. The number of carbonyl (C=O) groups is 2. The predicted octanol–water partition coefficient (Wildman–Crippen LogP) is 5.53. The summed E-state index contributed by atoms with van der Waals surface area (Å²) >= 11 is 7.29. The van der Waals surface area contributed by atoms with Crippen LogP contribution in [-0.2, 0) is 16.6 Å². The van der Waals surface area contributed by atoms with Crippen LogP contribution in [0.1, 0.15) is 5.56 Å². The Labute approximate surface area is 223 Å². The van der Waals surface area contributed by atoms with Crippen molar-refractivity contribution < 1.29 is 14.3 Å². The van der Waals surface area contributed by atoms with Crippen molar-refractivity contribution in [1.29, 1.82) is 0 Å². The molecule has 0 fully saturated rings. The van der Waals surface area contributed by atoms with Gasteiger partial charge in [-0.05, 0) is 54.1 Å². The van der Waals surface area contributed by atoms with Gasteiger partial charge in [-0.25, -0.2) is 0 Å². The number of methoxy groups -OCH3 is 1. The summed E-state index contributed by atoms with van der Waals surface area (Å²) in [6.07, 6.45) is 3.25. The number of benzene rings is 3. The molecule has 0 unspecified atom stereocenters. The second-order valence-electron chi connectivity index (χ2n) is 7.86. The highest BCUT2D eigenvalue weighted by atomic mass is 35.5. The highest BCUT2D eigenvalue weighted by Gasteiger charge is 2.14. The van der Waals surface area contributed by atoms with Gasteiger partial charge >= 0.3 is 0 Å². The zero-order chi connectivity index (χ0) is 26.2. The number of ether oxygens (including phenoxy) is 1. The number of amides is 2. The summed E-state index contributed by atoms with van der Waals surface area (Å²) in [5.41, 5.74) is 2.94. The molecule has 4 aromatic rings. The Kier molecular flexibility index (Phi) is 8.60. The van der Waals surface area contributed by atoms with Crippen LogP contribution < -0.4 is 15.4 Å². The van der Waals surface area contributed by atoms with Crippen molar-refractivity contribution in [1.82, 2.24) is 14.8 Å². The lowest BCUT2D eigenvalue weighted by Gasteiger charge is -2.10. The van der Waals surface area contributed by atoms with Crippen molar-refractivity contribution in [3.8, 4) is 17.1 Å². The van der Waals surface area contributed by atoms with Crippen LogP contribution in [0, 0.1) is 0 Å². The molecule has 4 rings (SSSR count). The van der Waals surface area contributed by atoms with Gasteiger partial charge in [0.25, 0.3) is 0 Å². The first-order valence-electron chi connectivity index (χ1n) is 11.2. The molecule has 0 spiro atoms. The molecule has 2 N–H and O–H groups in total. The fraction of sp³-hybridized carbons (Fsp3) is 0.111. The zero-order valence-electron chi connectivity index (χ0n) is 20.1. The van der Waals surface area contributed by atoms with Crippen LogP contribution in [0.25, 0.3) is 17.5 Å². The van der Waals surface area contributed by atoms with Gasteiger partial charge < -0.3 is 19.9 Å². The molecule has 1 aromatic heterocycles. The Morgan fingerprint density at radius 2 is 1.78 bits per heavy atom. The maximum atomic E-state index is 12.5. The molecule has 0 radical (unpaired) electrons. The van der Waals surface area contributed by atoms with Gasteiger partial charge in [0.15, 0.2) is 11.0 Å². The van der Waals surface area contributed by atoms with Crippen LogP contribution in [-0.4, -0.2) is 39.4 Å². The zero-order valence-corrected chi connectivity index (χ0v) is 21.7. The van der Waals surface area contributed by atoms with E-state index in [1.165, 1.54) is 24.9 Å². The fourth-order valence-electron chi connectivity index (χ4n) is 3.41. The van der Waals surface area contributed by atoms with E-state index in [1.54, 1.807) is 36.4 Å². The number of thioether (sulfide) groups is 1. The number of halogens is 1. The number of nitrogens with one attached hydrogen (secondary N) is 2. The van der Waals surface area contributed by atoms with Crippen LogP contribution >= 0.6 is 23.4 Å². The van der Waals surface area contributed by atoms with Crippen molar-refractivity contribution in [3.63, 3.8) is 0 Å². The van der Waals surface area contributed by atoms with Crippen molar-refractivity contribution in [3.05, 3.63) is 89.5 Å². The van der Waals surface area contributed by atoms with E-state index in [4.69, 9.17) is 16.3 Å². The smallest absolute Gasteiger partial charge is 0.248 e. The lowest BCUT2D eigenvalue weighted by atomic mass is 10.2. The number of anilines is 2. The maximum absolute atomic E-state index is 12.5. The van der Waals surface area contributed by atoms with E-state index in [9.17, 15) is 9.59 Å². The molecule has 0 saturated heterocycles. The lowest BCUT2D eigenvalue weighted by Crippen LogP contribution is -2.15. The van der Waals surface area contributed by atoms with Gasteiger partial charge in [-0.1, -0.05) is 53.7 Å². The van der Waals surface area contributed by atoms with Gasteiger partial charge in [-0.3, -0.25) is 9.59 Å². The molecule has 37 heavy (non-hydrogen) atoms. The van der Waals surface area contributed by atoms with Gasteiger partial charge in [-0.2, -0.15) is 0 Å². The van der Waals surface area contributed by atoms with Gasteiger partial charge in [-0.15, -0.1) is 10.2 Å². The number of rotatable bonds is 9. The molecule has 0 saturated carbocycles. The third kappa shape index (κ3) is 6.99. The SMILES string of the molecule is COc1ccc(Cl)cc1NC(=O)CSc1nnc(-c2ccc(NC(=O)/C=C/c3ccccc3)cc2)n1C. The molecule has 0 aliphatic carbocycles. The van der Waals surface area contributed by atoms with Crippen LogP contribution in [0.5, 0.6) is 5.75 Å². The van der Waals surface area contributed by atoms with E-state index in [2.05, 4.69) is 20.8 Å². The van der Waals surface area contributed by atoms with Crippen LogP contribution in [0.3, 0.4) is 0 Å². The van der Waals surface area contributed by atoms with Crippen LogP contribution in [0.15, 0.2) is 84.0 Å². The Bertz CT molecular complexity index is 1420. The third-order valence-electron chi connectivity index (χ3n) is 5.24. The van der Waals surface area contributed by atoms with E-state index in [0.29, 0.717) is 33.1 Å². The molecule has 0 atom stereocenters. The number of carbonyl (C=O) groups excluding carboxylic acids is 2. The molecule has 0 bridgehead atoms. The average Bonchev–Trinajstić information content (AvgIpc) is 3.27. The van der Waals surface area contributed by atoms with E-state index < -0.39 is 0 Å². The van der Waals surface area contributed by atoms with Crippen molar-refractivity contribution in [2.75, 3.05) is 23.5 Å². The van der Waals surface area contributed by atoms with Gasteiger partial charge in [0.05, 0.1) is 18.6 Å². The summed E-state index contributed by atoms with van der Waals surface area (Å²) in [4.78, 5) is 24.7. The Morgan fingerprint density at radius 3 is 2.51 bits per heavy atom. The first kappa shape index (κ1) is 26.0. The molecule has 1 heterocycles. The number of hydrogen-bond acceptors (Lipinski definition) is 6. The minimum absolute atomic E-state index is 0.128. The Balaban J connectivity index is 1.34. The topological polar surface area (TPSA) is 98.1 Å². The summed E-state index contributed by atoms with van der Waals surface area (Å²) in [7, 11) is 3.36. The molecular formula is C27H24ClN5O3S. The van der Waals surface area contributed by atoms with Crippen LogP contribution in [0.4, 0.5) is 11.4 Å². The maximum Gasteiger partial charge on any atom is 0.248 e. The quantitative estimate of drug-likeness (QED) is 0.217. The first-order valence-corrected chi connectivity index (χ1v) is 12.6. The van der Waals surface area contributed by atoms with Gasteiger partial charge in [0, 0.05) is 29.4 Å². The molecule has 8 nitrogen and oxygen atoms in total. The normalized spacial score (nSPS) is 10.9. The standard InChI is InChI=1S/C27H24ClN5O3S/c1-33-26(19-9-12-21(13-10-19)29-24(34)15-8-18-6-4-3-5-7-18)31-32-27(33)37-17-25(35)30-22-16-20(28)11-14-23(22)36-2/h3-16H,17H2,1-2H3,(H,29,34)(H,30,35)/b15-8+. The molecule has 10 heteroatoms. The summed E-state index contributed by atoms with van der Waals surface area (Å²) in [5, 5.41) is 15.2. The monoisotopic (exact) mass is 533 g/mol. The molecule has 0 aliphatic heterocycles. The second-order valence-corrected chi connectivity index (χ2v) is 9.24.